The summed E-state index contributed by atoms with van der Waals surface area (Å²) >= 11 is 0. The van der Waals surface area contributed by atoms with Gasteiger partial charge in [-0.05, 0) is 35.0 Å². The molecule has 0 saturated carbocycles. The van der Waals surface area contributed by atoms with Gasteiger partial charge in [0.15, 0.2) is 0 Å². The van der Waals surface area contributed by atoms with Crippen molar-refractivity contribution >= 4 is 28.1 Å². The second-order valence-corrected chi connectivity index (χ2v) is 5.20. The van der Waals surface area contributed by atoms with Crippen LogP contribution < -0.4 is 10.2 Å². The van der Waals surface area contributed by atoms with Gasteiger partial charge in [0, 0.05) is 18.4 Å². The lowest BCUT2D eigenvalue weighted by Crippen LogP contribution is -2.32. The highest BCUT2D eigenvalue weighted by Gasteiger charge is 2.10. The maximum atomic E-state index is 12.2. The second-order valence-electron chi connectivity index (χ2n) is 5.20. The number of fused-ring (bicyclic) bond motifs is 1. The van der Waals surface area contributed by atoms with E-state index in [0.29, 0.717) is 0 Å². The molecule has 0 aromatic heterocycles. The third kappa shape index (κ3) is 3.09. The molecule has 3 rings (SSSR count). The molecule has 0 aliphatic rings. The molecule has 3 aromatic rings. The molecule has 0 heterocycles. The molecule has 0 aliphatic carbocycles. The molecule has 1 N–H and O–H groups in total. The van der Waals surface area contributed by atoms with E-state index in [2.05, 4.69) is 29.6 Å². The lowest BCUT2D eigenvalue weighted by atomic mass is 10.1. The van der Waals surface area contributed by atoms with Crippen LogP contribution in [0.5, 0.6) is 0 Å². The molecule has 22 heavy (non-hydrogen) atoms. The minimum Gasteiger partial charge on any atom is -0.376 e. The fraction of sp³-hybridized carbons (Fsp3) is 0.105. The van der Waals surface area contributed by atoms with Gasteiger partial charge >= 0.3 is 0 Å². The fourth-order valence-electron chi connectivity index (χ4n) is 2.39. The van der Waals surface area contributed by atoms with Crippen molar-refractivity contribution in [1.29, 1.82) is 0 Å². The number of nitrogens with one attached hydrogen (secondary N) is 1. The predicted molar refractivity (Wildman–Crippen MR) is 92.3 cm³/mol. The lowest BCUT2D eigenvalue weighted by molar-refractivity contribution is -0.116. The summed E-state index contributed by atoms with van der Waals surface area (Å²) in [5.74, 6) is 0.0272. The van der Waals surface area contributed by atoms with Gasteiger partial charge in [-0.2, -0.15) is 0 Å². The summed E-state index contributed by atoms with van der Waals surface area (Å²) in [6.45, 7) is 0.268. The average Bonchev–Trinajstić information content (AvgIpc) is 2.59. The molecular weight excluding hydrogens is 272 g/mol. The summed E-state index contributed by atoms with van der Waals surface area (Å²) in [6.07, 6.45) is 0. The zero-order valence-electron chi connectivity index (χ0n) is 12.5. The van der Waals surface area contributed by atoms with Crippen LogP contribution in [0.1, 0.15) is 0 Å². The molecule has 0 radical (unpaired) electrons. The normalized spacial score (nSPS) is 10.4. The van der Waals surface area contributed by atoms with Crippen molar-refractivity contribution in [2.75, 3.05) is 23.8 Å². The highest BCUT2D eigenvalue weighted by atomic mass is 16.2. The van der Waals surface area contributed by atoms with Gasteiger partial charge < -0.3 is 10.2 Å². The summed E-state index contributed by atoms with van der Waals surface area (Å²) < 4.78 is 0. The number of benzene rings is 3. The van der Waals surface area contributed by atoms with E-state index >= 15 is 0 Å². The van der Waals surface area contributed by atoms with Gasteiger partial charge in [-0.3, -0.25) is 4.79 Å². The molecule has 110 valence electrons. The van der Waals surface area contributed by atoms with E-state index in [-0.39, 0.29) is 12.5 Å². The van der Waals surface area contributed by atoms with E-state index < -0.39 is 0 Å². The largest absolute Gasteiger partial charge is 0.376 e. The molecule has 3 aromatic carbocycles. The van der Waals surface area contributed by atoms with Crippen LogP contribution in [-0.2, 0) is 4.79 Å². The van der Waals surface area contributed by atoms with Crippen molar-refractivity contribution in [2.24, 2.45) is 0 Å². The van der Waals surface area contributed by atoms with Gasteiger partial charge in [-0.15, -0.1) is 0 Å². The van der Waals surface area contributed by atoms with Crippen LogP contribution in [0.4, 0.5) is 11.4 Å². The first kappa shape index (κ1) is 14.1. The van der Waals surface area contributed by atoms with Gasteiger partial charge in [0.2, 0.25) is 5.91 Å². The fourth-order valence-corrected chi connectivity index (χ4v) is 2.39. The van der Waals surface area contributed by atoms with Gasteiger partial charge in [-0.1, -0.05) is 48.5 Å². The quantitative estimate of drug-likeness (QED) is 0.790. The van der Waals surface area contributed by atoms with E-state index in [1.165, 1.54) is 5.39 Å². The monoisotopic (exact) mass is 290 g/mol. The van der Waals surface area contributed by atoms with Crippen LogP contribution in [0.2, 0.25) is 0 Å². The molecular formula is C19H18N2O. The number of amides is 1. The molecule has 0 unspecified atom stereocenters. The number of likely N-dealkylation sites (N-methyl/N-ethyl adjacent to an activating group) is 1. The first-order valence-corrected chi connectivity index (χ1v) is 7.28. The third-order valence-corrected chi connectivity index (χ3v) is 3.71. The summed E-state index contributed by atoms with van der Waals surface area (Å²) in [4.78, 5) is 13.9. The van der Waals surface area contributed by atoms with Crippen LogP contribution in [0, 0.1) is 0 Å². The summed E-state index contributed by atoms with van der Waals surface area (Å²) in [5, 5.41) is 5.55. The van der Waals surface area contributed by atoms with E-state index in [4.69, 9.17) is 0 Å². The van der Waals surface area contributed by atoms with Gasteiger partial charge in [0.25, 0.3) is 0 Å². The molecule has 0 fully saturated rings. The minimum atomic E-state index is 0.0272. The van der Waals surface area contributed by atoms with Crippen LogP contribution >= 0.6 is 0 Å². The molecule has 3 heteroatoms. The lowest BCUT2D eigenvalue weighted by Gasteiger charge is -2.18. The maximum Gasteiger partial charge on any atom is 0.246 e. The summed E-state index contributed by atoms with van der Waals surface area (Å²) in [7, 11) is 1.79. The van der Waals surface area contributed by atoms with Crippen LogP contribution in [0.15, 0.2) is 72.8 Å². The van der Waals surface area contributed by atoms with Crippen LogP contribution in [0.25, 0.3) is 10.8 Å². The predicted octanol–water partition coefficient (Wildman–Crippen LogP) is 3.91. The number of para-hydroxylation sites is 1. The Balaban J connectivity index is 1.67. The molecule has 0 atom stereocenters. The summed E-state index contributed by atoms with van der Waals surface area (Å²) in [5.41, 5.74) is 1.85. The zero-order valence-corrected chi connectivity index (χ0v) is 12.5. The molecule has 1 amide bonds. The number of rotatable bonds is 4. The van der Waals surface area contributed by atoms with Crippen LogP contribution in [0.3, 0.4) is 0 Å². The van der Waals surface area contributed by atoms with Crippen molar-refractivity contribution < 1.29 is 4.79 Å². The first-order chi connectivity index (χ1) is 10.7. The molecule has 0 saturated heterocycles. The molecule has 3 nitrogen and oxygen atoms in total. The number of hydrogen-bond donors (Lipinski definition) is 1. The number of nitrogens with zero attached hydrogens (tertiary/aromatic N) is 1. The Morgan fingerprint density at radius 2 is 1.59 bits per heavy atom. The Morgan fingerprint density at radius 3 is 2.36 bits per heavy atom. The van der Waals surface area contributed by atoms with E-state index in [1.807, 2.05) is 48.5 Å². The molecule has 0 spiro atoms. The van der Waals surface area contributed by atoms with Gasteiger partial charge in [0.05, 0.1) is 6.54 Å². The van der Waals surface area contributed by atoms with Gasteiger partial charge in [-0.25, -0.2) is 0 Å². The Kier molecular flexibility index (Phi) is 4.05. The molecule has 0 aliphatic heterocycles. The third-order valence-electron chi connectivity index (χ3n) is 3.71. The Morgan fingerprint density at radius 1 is 0.909 bits per heavy atom. The number of carbonyl (C=O) groups excluding carboxylic acids is 1. The standard InChI is InChI=1S/C19H18N2O/c1-21(18-9-3-2-4-10-18)19(22)14-20-17-12-11-15-7-5-6-8-16(15)13-17/h2-13,20H,14H2,1H3. The smallest absolute Gasteiger partial charge is 0.246 e. The maximum absolute atomic E-state index is 12.2. The second kappa shape index (κ2) is 6.31. The molecule has 0 bridgehead atoms. The number of hydrogen-bond acceptors (Lipinski definition) is 2. The number of carbonyl (C=O) groups is 1. The topological polar surface area (TPSA) is 32.3 Å². The van der Waals surface area contributed by atoms with Crippen molar-refractivity contribution in [3.8, 4) is 0 Å². The van der Waals surface area contributed by atoms with E-state index in [1.54, 1.807) is 11.9 Å². The Hall–Kier alpha value is -2.81. The van der Waals surface area contributed by atoms with E-state index in [9.17, 15) is 4.79 Å². The Labute approximate surface area is 130 Å². The van der Waals surface area contributed by atoms with Gasteiger partial charge in [0.1, 0.15) is 0 Å². The van der Waals surface area contributed by atoms with E-state index in [0.717, 1.165) is 16.8 Å². The van der Waals surface area contributed by atoms with Crippen molar-refractivity contribution in [1.82, 2.24) is 0 Å². The van der Waals surface area contributed by atoms with Crippen molar-refractivity contribution in [3.05, 3.63) is 72.8 Å². The highest BCUT2D eigenvalue weighted by Crippen LogP contribution is 2.19. The SMILES string of the molecule is CN(C(=O)CNc1ccc2ccccc2c1)c1ccccc1. The highest BCUT2D eigenvalue weighted by molar-refractivity contribution is 5.96. The Bertz CT molecular complexity index is 784. The zero-order chi connectivity index (χ0) is 15.4. The van der Waals surface area contributed by atoms with Crippen molar-refractivity contribution in [3.63, 3.8) is 0 Å². The average molecular weight is 290 g/mol. The summed E-state index contributed by atoms with van der Waals surface area (Å²) in [6, 6.07) is 23.9. The van der Waals surface area contributed by atoms with Crippen molar-refractivity contribution in [2.45, 2.75) is 0 Å². The number of anilines is 2. The first-order valence-electron chi connectivity index (χ1n) is 7.28. The minimum absolute atomic E-state index is 0.0272. The van der Waals surface area contributed by atoms with Crippen LogP contribution in [-0.4, -0.2) is 19.5 Å².